The minimum atomic E-state index is -0.284. The molecule has 184 valence electrons. The number of carbonyl (C=O) groups is 2. The standard InChI is InChI=1S/C27H27N5O3S/c33-14-13-28-26(34)16-18-7-10-20(11-8-18)32-25(17-23(31-32)24-6-3-15-36-24)30-27(35)29-22-12-9-19-4-1-2-5-21(19)22/h1-8,10-11,15,17,22,33H,9,12-14,16H2,(H,28,34)(H2,29,30,35)/t22-/m0/s1. The van der Waals surface area contributed by atoms with Gasteiger partial charge in [-0.15, -0.1) is 11.3 Å². The lowest BCUT2D eigenvalue weighted by molar-refractivity contribution is -0.120. The molecule has 2 aromatic heterocycles. The Balaban J connectivity index is 1.35. The fourth-order valence-corrected chi connectivity index (χ4v) is 5.11. The SMILES string of the molecule is O=C(Cc1ccc(-n2nc(-c3cccs3)cc2NC(=O)N[C@H]2CCc3ccccc32)cc1)NCCO. The van der Waals surface area contributed by atoms with Gasteiger partial charge in [0.05, 0.1) is 29.6 Å². The number of hydrogen-bond donors (Lipinski definition) is 4. The van der Waals surface area contributed by atoms with Crippen LogP contribution in [0.25, 0.3) is 16.3 Å². The molecule has 2 aromatic carbocycles. The summed E-state index contributed by atoms with van der Waals surface area (Å²) in [5.74, 6) is 0.402. The van der Waals surface area contributed by atoms with Gasteiger partial charge < -0.3 is 15.7 Å². The number of carbonyl (C=O) groups excluding carboxylic acids is 2. The lowest BCUT2D eigenvalue weighted by Crippen LogP contribution is -2.32. The molecule has 3 amide bonds. The molecule has 0 saturated heterocycles. The van der Waals surface area contributed by atoms with Crippen molar-refractivity contribution in [2.24, 2.45) is 0 Å². The zero-order valence-corrected chi connectivity index (χ0v) is 20.4. The number of hydrogen-bond acceptors (Lipinski definition) is 5. The third-order valence-electron chi connectivity index (χ3n) is 6.14. The maximum atomic E-state index is 13.0. The molecule has 9 heteroatoms. The van der Waals surface area contributed by atoms with Crippen molar-refractivity contribution >= 4 is 29.1 Å². The topological polar surface area (TPSA) is 108 Å². The van der Waals surface area contributed by atoms with Crippen LogP contribution in [0.5, 0.6) is 0 Å². The molecule has 8 nitrogen and oxygen atoms in total. The molecule has 5 rings (SSSR count). The largest absolute Gasteiger partial charge is 0.395 e. The number of fused-ring (bicyclic) bond motifs is 1. The van der Waals surface area contributed by atoms with Gasteiger partial charge in [0.25, 0.3) is 0 Å². The number of aliphatic hydroxyl groups excluding tert-OH is 1. The first kappa shape index (κ1) is 23.8. The third kappa shape index (κ3) is 5.32. The zero-order chi connectivity index (χ0) is 24.9. The van der Waals surface area contributed by atoms with E-state index in [1.165, 1.54) is 11.1 Å². The van der Waals surface area contributed by atoms with Crippen molar-refractivity contribution < 1.29 is 14.7 Å². The van der Waals surface area contributed by atoms with E-state index in [0.717, 1.165) is 34.7 Å². The second kappa shape index (κ2) is 10.8. The molecule has 0 aliphatic heterocycles. The van der Waals surface area contributed by atoms with Gasteiger partial charge in [0.1, 0.15) is 11.5 Å². The molecule has 1 aliphatic rings. The van der Waals surface area contributed by atoms with Gasteiger partial charge in [-0.3, -0.25) is 10.1 Å². The van der Waals surface area contributed by atoms with Gasteiger partial charge in [-0.25, -0.2) is 9.48 Å². The second-order valence-corrected chi connectivity index (χ2v) is 9.56. The summed E-state index contributed by atoms with van der Waals surface area (Å²) < 4.78 is 1.70. The van der Waals surface area contributed by atoms with E-state index in [0.29, 0.717) is 5.82 Å². The van der Waals surface area contributed by atoms with E-state index in [-0.39, 0.29) is 37.6 Å². The van der Waals surface area contributed by atoms with Crippen molar-refractivity contribution in [3.63, 3.8) is 0 Å². The van der Waals surface area contributed by atoms with Gasteiger partial charge in [0.15, 0.2) is 0 Å². The first-order valence-corrected chi connectivity index (χ1v) is 12.7. The van der Waals surface area contributed by atoms with Crippen LogP contribution in [-0.2, 0) is 17.6 Å². The summed E-state index contributed by atoms with van der Waals surface area (Å²) in [5, 5.41) is 24.4. The van der Waals surface area contributed by atoms with E-state index < -0.39 is 0 Å². The van der Waals surface area contributed by atoms with E-state index in [1.807, 2.05) is 60.0 Å². The molecule has 0 radical (unpaired) electrons. The maximum absolute atomic E-state index is 13.0. The van der Waals surface area contributed by atoms with Gasteiger partial charge in [0.2, 0.25) is 5.91 Å². The van der Waals surface area contributed by atoms with Gasteiger partial charge in [-0.05, 0) is 53.1 Å². The number of rotatable bonds is 8. The first-order valence-electron chi connectivity index (χ1n) is 11.9. The Kier molecular flexibility index (Phi) is 7.11. The number of aromatic nitrogens is 2. The molecule has 0 spiro atoms. The molecular formula is C27H27N5O3S. The molecule has 0 fully saturated rings. The van der Waals surface area contributed by atoms with Gasteiger partial charge in [-0.2, -0.15) is 5.10 Å². The summed E-state index contributed by atoms with van der Waals surface area (Å²) in [6.07, 6.45) is 2.04. The number of thiophene rings is 1. The van der Waals surface area contributed by atoms with E-state index in [9.17, 15) is 9.59 Å². The monoisotopic (exact) mass is 501 g/mol. The summed E-state index contributed by atoms with van der Waals surface area (Å²) in [6.45, 7) is 0.145. The Morgan fingerprint density at radius 3 is 2.69 bits per heavy atom. The number of anilines is 1. The van der Waals surface area contributed by atoms with E-state index in [1.54, 1.807) is 16.0 Å². The van der Waals surface area contributed by atoms with Crippen molar-refractivity contribution in [1.29, 1.82) is 0 Å². The highest BCUT2D eigenvalue weighted by Gasteiger charge is 2.24. The van der Waals surface area contributed by atoms with Crippen LogP contribution in [0, 0.1) is 0 Å². The Morgan fingerprint density at radius 2 is 1.92 bits per heavy atom. The predicted molar refractivity (Wildman–Crippen MR) is 140 cm³/mol. The van der Waals surface area contributed by atoms with Crippen LogP contribution in [0.15, 0.2) is 72.1 Å². The van der Waals surface area contributed by atoms with Crippen LogP contribution in [-0.4, -0.2) is 40.0 Å². The maximum Gasteiger partial charge on any atom is 0.320 e. The average molecular weight is 502 g/mol. The second-order valence-electron chi connectivity index (χ2n) is 8.61. The van der Waals surface area contributed by atoms with Crippen LogP contribution in [0.1, 0.15) is 29.2 Å². The number of nitrogens with one attached hydrogen (secondary N) is 3. The molecule has 4 aromatic rings. The first-order chi connectivity index (χ1) is 17.6. The lowest BCUT2D eigenvalue weighted by atomic mass is 10.1. The molecule has 4 N–H and O–H groups in total. The Morgan fingerprint density at radius 1 is 1.08 bits per heavy atom. The summed E-state index contributed by atoms with van der Waals surface area (Å²) in [5.41, 5.74) is 4.81. The normalized spacial score (nSPS) is 14.3. The molecule has 2 heterocycles. The quantitative estimate of drug-likeness (QED) is 0.292. The highest BCUT2D eigenvalue weighted by molar-refractivity contribution is 7.13. The fraction of sp³-hybridized carbons (Fsp3) is 0.222. The van der Waals surface area contributed by atoms with Crippen molar-refractivity contribution in [3.8, 4) is 16.3 Å². The summed E-state index contributed by atoms with van der Waals surface area (Å²) in [4.78, 5) is 26.0. The van der Waals surface area contributed by atoms with E-state index in [4.69, 9.17) is 10.2 Å². The van der Waals surface area contributed by atoms with Gasteiger partial charge in [0, 0.05) is 12.6 Å². The van der Waals surface area contributed by atoms with Crippen LogP contribution < -0.4 is 16.0 Å². The molecule has 1 aliphatic carbocycles. The van der Waals surface area contributed by atoms with Gasteiger partial charge in [-0.1, -0.05) is 42.5 Å². The van der Waals surface area contributed by atoms with Crippen LogP contribution in [0.2, 0.25) is 0 Å². The van der Waals surface area contributed by atoms with Crippen LogP contribution >= 0.6 is 11.3 Å². The zero-order valence-electron chi connectivity index (χ0n) is 19.6. The minimum absolute atomic E-state index is 0.0226. The molecule has 0 bridgehead atoms. The highest BCUT2D eigenvalue weighted by Crippen LogP contribution is 2.31. The van der Waals surface area contributed by atoms with Gasteiger partial charge >= 0.3 is 6.03 Å². The van der Waals surface area contributed by atoms with Crippen molar-refractivity contribution in [2.45, 2.75) is 25.3 Å². The van der Waals surface area contributed by atoms with Crippen LogP contribution in [0.4, 0.5) is 10.6 Å². The lowest BCUT2D eigenvalue weighted by Gasteiger charge is -2.15. The third-order valence-corrected chi connectivity index (χ3v) is 7.03. The smallest absolute Gasteiger partial charge is 0.320 e. The number of urea groups is 1. The molecule has 0 unspecified atom stereocenters. The van der Waals surface area contributed by atoms with E-state index in [2.05, 4.69) is 28.1 Å². The number of aliphatic hydroxyl groups is 1. The Bertz CT molecular complexity index is 1350. The van der Waals surface area contributed by atoms with Crippen molar-refractivity contribution in [2.75, 3.05) is 18.5 Å². The number of benzene rings is 2. The average Bonchev–Trinajstić information content (AvgIpc) is 3.64. The predicted octanol–water partition coefficient (Wildman–Crippen LogP) is 4.06. The summed E-state index contributed by atoms with van der Waals surface area (Å²) >= 11 is 1.58. The van der Waals surface area contributed by atoms with Crippen molar-refractivity contribution in [3.05, 3.63) is 88.8 Å². The minimum Gasteiger partial charge on any atom is -0.395 e. The number of aryl methyl sites for hydroxylation is 1. The molecule has 36 heavy (non-hydrogen) atoms. The molecule has 0 saturated carbocycles. The Hall–Kier alpha value is -3.95. The van der Waals surface area contributed by atoms with E-state index >= 15 is 0 Å². The Labute approximate surface area is 213 Å². The number of amides is 3. The molecular weight excluding hydrogens is 474 g/mol. The summed E-state index contributed by atoms with van der Waals surface area (Å²) in [6, 6.07) is 21.2. The number of nitrogens with zero attached hydrogens (tertiary/aromatic N) is 2. The molecule has 1 atom stereocenters. The summed E-state index contributed by atoms with van der Waals surface area (Å²) in [7, 11) is 0. The fourth-order valence-electron chi connectivity index (χ4n) is 4.43. The van der Waals surface area contributed by atoms with Crippen molar-refractivity contribution in [1.82, 2.24) is 20.4 Å². The van der Waals surface area contributed by atoms with Crippen LogP contribution in [0.3, 0.4) is 0 Å². The highest BCUT2D eigenvalue weighted by atomic mass is 32.1.